The fraction of sp³-hybridized carbons (Fsp3) is 0.294. The van der Waals surface area contributed by atoms with E-state index in [-0.39, 0.29) is 25.6 Å². The number of ether oxygens (including phenoxy) is 1. The van der Waals surface area contributed by atoms with Crippen LogP contribution >= 0.6 is 0 Å². The summed E-state index contributed by atoms with van der Waals surface area (Å²) in [6.45, 7) is -0.00183. The summed E-state index contributed by atoms with van der Waals surface area (Å²) in [4.78, 5) is 0. The molecule has 3 nitrogen and oxygen atoms in total. The van der Waals surface area contributed by atoms with Crippen LogP contribution in [0.2, 0.25) is 0 Å². The van der Waals surface area contributed by atoms with Crippen molar-refractivity contribution in [3.8, 4) is 0 Å². The summed E-state index contributed by atoms with van der Waals surface area (Å²) in [6, 6.07) is 15.4. The van der Waals surface area contributed by atoms with E-state index in [1.807, 2.05) is 30.3 Å². The monoisotopic (exact) mass is 290 g/mol. The zero-order chi connectivity index (χ0) is 15.1. The summed E-state index contributed by atoms with van der Waals surface area (Å²) in [5.41, 5.74) is 0.742. The highest BCUT2D eigenvalue weighted by Crippen LogP contribution is 2.24. The highest BCUT2D eigenvalue weighted by atomic mass is 19.1. The van der Waals surface area contributed by atoms with Gasteiger partial charge in [0.05, 0.1) is 31.8 Å². The van der Waals surface area contributed by atoms with E-state index in [1.165, 1.54) is 12.1 Å². The third-order valence-corrected chi connectivity index (χ3v) is 3.55. The molecule has 4 heteroatoms. The minimum Gasteiger partial charge on any atom is -0.395 e. The largest absolute Gasteiger partial charge is 0.395 e. The number of hydrogen-bond donors (Lipinski definition) is 2. The van der Waals surface area contributed by atoms with Crippen molar-refractivity contribution in [3.05, 3.63) is 71.5 Å². The summed E-state index contributed by atoms with van der Waals surface area (Å²) in [5, 5.41) is 19.3. The molecule has 0 radical (unpaired) electrons. The summed E-state index contributed by atoms with van der Waals surface area (Å²) in [7, 11) is 0. The second kappa shape index (κ2) is 7.31. The van der Waals surface area contributed by atoms with Gasteiger partial charge in [0.2, 0.25) is 0 Å². The van der Waals surface area contributed by atoms with Crippen molar-refractivity contribution < 1.29 is 19.3 Å². The second-order valence-electron chi connectivity index (χ2n) is 5.08. The Morgan fingerprint density at radius 2 is 1.52 bits per heavy atom. The Balaban J connectivity index is 2.06. The number of hydrogen-bond acceptors (Lipinski definition) is 3. The Bertz CT molecular complexity index is 536. The first-order valence-corrected chi connectivity index (χ1v) is 6.80. The first-order valence-electron chi connectivity index (χ1n) is 6.80. The number of aliphatic hydroxyl groups is 2. The second-order valence-corrected chi connectivity index (χ2v) is 5.08. The molecule has 0 aromatic heterocycles. The molecular weight excluding hydrogens is 271 g/mol. The van der Waals surface area contributed by atoms with E-state index in [4.69, 9.17) is 4.74 Å². The van der Waals surface area contributed by atoms with Crippen molar-refractivity contribution in [1.29, 1.82) is 0 Å². The van der Waals surface area contributed by atoms with Gasteiger partial charge in [-0.1, -0.05) is 42.5 Å². The SMILES string of the molecule is OCC(CO)(COCc1ccccc1)c1ccc(F)cc1. The van der Waals surface area contributed by atoms with Crippen LogP contribution in [0.3, 0.4) is 0 Å². The predicted molar refractivity (Wildman–Crippen MR) is 78.3 cm³/mol. The molecule has 0 saturated carbocycles. The lowest BCUT2D eigenvalue weighted by atomic mass is 9.83. The maximum atomic E-state index is 13.0. The summed E-state index contributed by atoms with van der Waals surface area (Å²) in [6.07, 6.45) is 0. The van der Waals surface area contributed by atoms with Crippen LogP contribution < -0.4 is 0 Å². The van der Waals surface area contributed by atoms with Gasteiger partial charge in [0.25, 0.3) is 0 Å². The Morgan fingerprint density at radius 3 is 2.10 bits per heavy atom. The average Bonchev–Trinajstić information content (AvgIpc) is 2.54. The van der Waals surface area contributed by atoms with Crippen LogP contribution in [0.1, 0.15) is 11.1 Å². The Kier molecular flexibility index (Phi) is 5.44. The molecule has 112 valence electrons. The van der Waals surface area contributed by atoms with Crippen LogP contribution in [0.25, 0.3) is 0 Å². The van der Waals surface area contributed by atoms with Crippen molar-refractivity contribution in [3.63, 3.8) is 0 Å². The Hall–Kier alpha value is -1.75. The molecule has 0 aliphatic heterocycles. The standard InChI is InChI=1S/C17H19FO3/c18-16-8-6-15(7-9-16)17(11-19,12-20)13-21-10-14-4-2-1-3-5-14/h1-9,19-20H,10-13H2. The van der Waals surface area contributed by atoms with Gasteiger partial charge < -0.3 is 14.9 Å². The molecule has 21 heavy (non-hydrogen) atoms. The van der Waals surface area contributed by atoms with E-state index in [2.05, 4.69) is 0 Å². The summed E-state index contributed by atoms with van der Waals surface area (Å²) in [5.74, 6) is -0.353. The molecule has 0 atom stereocenters. The molecule has 2 aromatic rings. The molecule has 0 aliphatic carbocycles. The average molecular weight is 290 g/mol. The van der Waals surface area contributed by atoms with E-state index in [0.717, 1.165) is 5.56 Å². The third-order valence-electron chi connectivity index (χ3n) is 3.55. The van der Waals surface area contributed by atoms with Crippen molar-refractivity contribution in [2.45, 2.75) is 12.0 Å². The quantitative estimate of drug-likeness (QED) is 0.822. The van der Waals surface area contributed by atoms with Crippen molar-refractivity contribution in [2.75, 3.05) is 19.8 Å². The van der Waals surface area contributed by atoms with Gasteiger partial charge in [-0.25, -0.2) is 4.39 Å². The topological polar surface area (TPSA) is 49.7 Å². The highest BCUT2D eigenvalue weighted by molar-refractivity contribution is 5.26. The molecule has 2 aromatic carbocycles. The molecule has 0 amide bonds. The lowest BCUT2D eigenvalue weighted by Crippen LogP contribution is -2.39. The van der Waals surface area contributed by atoms with Gasteiger partial charge in [0.15, 0.2) is 0 Å². The lowest BCUT2D eigenvalue weighted by molar-refractivity contribution is 0.0130. The zero-order valence-electron chi connectivity index (χ0n) is 11.7. The van der Waals surface area contributed by atoms with Crippen LogP contribution in [-0.4, -0.2) is 30.0 Å². The van der Waals surface area contributed by atoms with E-state index in [0.29, 0.717) is 12.2 Å². The normalized spacial score (nSPS) is 11.6. The van der Waals surface area contributed by atoms with Gasteiger partial charge in [0.1, 0.15) is 5.82 Å². The molecule has 0 unspecified atom stereocenters. The fourth-order valence-electron chi connectivity index (χ4n) is 2.15. The van der Waals surface area contributed by atoms with Gasteiger partial charge in [-0.3, -0.25) is 0 Å². The van der Waals surface area contributed by atoms with Crippen molar-refractivity contribution in [2.24, 2.45) is 0 Å². The molecule has 2 rings (SSSR count). The van der Waals surface area contributed by atoms with E-state index < -0.39 is 5.41 Å². The van der Waals surface area contributed by atoms with Crippen LogP contribution in [0.5, 0.6) is 0 Å². The zero-order valence-corrected chi connectivity index (χ0v) is 11.7. The smallest absolute Gasteiger partial charge is 0.123 e. The molecule has 2 N–H and O–H groups in total. The summed E-state index contributed by atoms with van der Waals surface area (Å²) < 4.78 is 18.6. The van der Waals surface area contributed by atoms with E-state index in [1.54, 1.807) is 12.1 Å². The van der Waals surface area contributed by atoms with E-state index in [9.17, 15) is 14.6 Å². The molecular formula is C17H19FO3. The van der Waals surface area contributed by atoms with Gasteiger partial charge >= 0.3 is 0 Å². The lowest BCUT2D eigenvalue weighted by Gasteiger charge is -2.30. The third kappa shape index (κ3) is 3.88. The Morgan fingerprint density at radius 1 is 0.905 bits per heavy atom. The number of benzene rings is 2. The fourth-order valence-corrected chi connectivity index (χ4v) is 2.15. The Labute approximate surface area is 123 Å². The van der Waals surface area contributed by atoms with Gasteiger partial charge in [-0.15, -0.1) is 0 Å². The predicted octanol–water partition coefficient (Wildman–Crippen LogP) is 2.26. The molecule has 0 aliphatic rings. The number of aliphatic hydroxyl groups excluding tert-OH is 2. The maximum Gasteiger partial charge on any atom is 0.123 e. The van der Waals surface area contributed by atoms with Gasteiger partial charge in [0, 0.05) is 0 Å². The maximum absolute atomic E-state index is 13.0. The summed E-state index contributed by atoms with van der Waals surface area (Å²) >= 11 is 0. The number of rotatable bonds is 7. The van der Waals surface area contributed by atoms with E-state index >= 15 is 0 Å². The molecule has 0 spiro atoms. The van der Waals surface area contributed by atoms with Crippen LogP contribution in [-0.2, 0) is 16.8 Å². The van der Waals surface area contributed by atoms with Gasteiger partial charge in [-0.05, 0) is 23.3 Å². The first-order chi connectivity index (χ1) is 10.2. The highest BCUT2D eigenvalue weighted by Gasteiger charge is 2.31. The molecule has 0 saturated heterocycles. The molecule has 0 fully saturated rings. The number of halogens is 1. The minimum absolute atomic E-state index is 0.153. The van der Waals surface area contributed by atoms with Crippen LogP contribution in [0.15, 0.2) is 54.6 Å². The van der Waals surface area contributed by atoms with Crippen molar-refractivity contribution >= 4 is 0 Å². The van der Waals surface area contributed by atoms with Crippen LogP contribution in [0, 0.1) is 5.82 Å². The van der Waals surface area contributed by atoms with Gasteiger partial charge in [-0.2, -0.15) is 0 Å². The van der Waals surface area contributed by atoms with Crippen molar-refractivity contribution in [1.82, 2.24) is 0 Å². The first kappa shape index (κ1) is 15.6. The minimum atomic E-state index is -0.928. The van der Waals surface area contributed by atoms with Crippen LogP contribution in [0.4, 0.5) is 4.39 Å². The molecule has 0 heterocycles. The molecule has 0 bridgehead atoms.